The van der Waals surface area contributed by atoms with Crippen LogP contribution in [0.3, 0.4) is 0 Å². The molecule has 0 aliphatic carbocycles. The largest absolute Gasteiger partial charge is 0.471 e. The summed E-state index contributed by atoms with van der Waals surface area (Å²) in [5.41, 5.74) is -1.56. The van der Waals surface area contributed by atoms with Gasteiger partial charge in [-0.3, -0.25) is 23.9 Å². The van der Waals surface area contributed by atoms with E-state index in [4.69, 9.17) is 9.84 Å². The maximum Gasteiger partial charge on any atom is 0.471 e. The molecule has 5 N–H and O–H groups in total. The number of hydrogen-bond donors (Lipinski definition) is 5. The van der Waals surface area contributed by atoms with Crippen molar-refractivity contribution in [1.82, 2.24) is 25.1 Å². The summed E-state index contributed by atoms with van der Waals surface area (Å²) in [6.45, 7) is -0.124. The van der Waals surface area contributed by atoms with Gasteiger partial charge in [0.05, 0.1) is 18.3 Å². The van der Waals surface area contributed by atoms with Crippen molar-refractivity contribution < 1.29 is 37.7 Å². The summed E-state index contributed by atoms with van der Waals surface area (Å²) < 4.78 is 42.8. The fourth-order valence-corrected chi connectivity index (χ4v) is 3.05. The molecular formula is C19H26F3N5O7. The van der Waals surface area contributed by atoms with Gasteiger partial charge in [0.2, 0.25) is 5.91 Å². The number of aromatic nitrogens is 2. The zero-order valence-corrected chi connectivity index (χ0v) is 18.2. The third-order valence-corrected chi connectivity index (χ3v) is 4.93. The van der Waals surface area contributed by atoms with Gasteiger partial charge in [-0.05, 0) is 13.1 Å². The van der Waals surface area contributed by atoms with Gasteiger partial charge in [0.1, 0.15) is 12.3 Å². The molecule has 1 fully saturated rings. The molecule has 3 atom stereocenters. The molecule has 1 aliphatic heterocycles. The highest BCUT2D eigenvalue weighted by molar-refractivity contribution is 5.91. The standard InChI is InChI=1S/C19H26F3N5O7/c1-26(7-5-24-17(32)19(20,21)22)6-4-23-14(30)3-2-11-9-27(18(33)25-16(11)31)15-8-12(29)13(10-28)34-15/h2-3,9,12-13,15,28-29H,4-8,10H2,1H3,(H,23,30)(H,24,32)(H,25,31,33)/b3-2+/t12?,13-,15-/m0/s1. The second kappa shape index (κ2) is 11.9. The summed E-state index contributed by atoms with van der Waals surface area (Å²) >= 11 is 0. The lowest BCUT2D eigenvalue weighted by Gasteiger charge is -2.17. The van der Waals surface area contributed by atoms with E-state index in [0.29, 0.717) is 0 Å². The Morgan fingerprint density at radius 1 is 1.29 bits per heavy atom. The summed E-state index contributed by atoms with van der Waals surface area (Å²) in [5.74, 6) is -2.59. The highest BCUT2D eigenvalue weighted by Gasteiger charge is 2.38. The topological polar surface area (TPSA) is 166 Å². The number of aromatic amines is 1. The normalized spacial score (nSPS) is 20.7. The molecule has 0 radical (unpaired) electrons. The predicted molar refractivity (Wildman–Crippen MR) is 112 cm³/mol. The highest BCUT2D eigenvalue weighted by Crippen LogP contribution is 2.27. The molecule has 0 saturated carbocycles. The summed E-state index contributed by atoms with van der Waals surface area (Å²) in [6.07, 6.45) is -4.28. The van der Waals surface area contributed by atoms with Gasteiger partial charge < -0.3 is 30.5 Å². The van der Waals surface area contributed by atoms with Crippen molar-refractivity contribution in [2.75, 3.05) is 39.8 Å². The van der Waals surface area contributed by atoms with E-state index < -0.39 is 54.3 Å². The molecule has 12 nitrogen and oxygen atoms in total. The molecule has 1 aromatic rings. The number of nitrogens with zero attached hydrogens (tertiary/aromatic N) is 2. The molecule has 15 heteroatoms. The maximum absolute atomic E-state index is 12.1. The molecule has 0 bridgehead atoms. The van der Waals surface area contributed by atoms with Crippen LogP contribution in [0.2, 0.25) is 0 Å². The lowest BCUT2D eigenvalue weighted by atomic mass is 10.2. The molecule has 2 heterocycles. The average Bonchev–Trinajstić information content (AvgIpc) is 3.12. The molecule has 2 amide bonds. The minimum atomic E-state index is -4.94. The lowest BCUT2D eigenvalue weighted by molar-refractivity contribution is -0.173. The second-order valence-electron chi connectivity index (χ2n) is 7.55. The van der Waals surface area contributed by atoms with Gasteiger partial charge in [-0.25, -0.2) is 4.79 Å². The molecule has 190 valence electrons. The zero-order chi connectivity index (χ0) is 25.5. The minimum absolute atomic E-state index is 0.0220. The maximum atomic E-state index is 12.1. The SMILES string of the molecule is CN(CCNC(=O)/C=C/c1cn([C@@H]2CC(O)[C@H](CO)O2)c(=O)[nH]c1=O)CCNC(=O)C(F)(F)F. The Hall–Kier alpha value is -3.01. The average molecular weight is 493 g/mol. The Labute approximate surface area is 191 Å². The van der Waals surface area contributed by atoms with E-state index in [9.17, 15) is 37.5 Å². The summed E-state index contributed by atoms with van der Waals surface area (Å²) in [5, 5.41) is 23.3. The van der Waals surface area contributed by atoms with E-state index in [-0.39, 0.29) is 38.2 Å². The number of carbonyl (C=O) groups is 2. The van der Waals surface area contributed by atoms with E-state index in [0.717, 1.165) is 10.6 Å². The first-order valence-corrected chi connectivity index (χ1v) is 10.2. The molecule has 1 unspecified atom stereocenters. The number of H-pyrrole nitrogens is 1. The third kappa shape index (κ3) is 7.79. The number of aliphatic hydroxyl groups excluding tert-OH is 2. The Bertz CT molecular complexity index is 1010. The predicted octanol–water partition coefficient (Wildman–Crippen LogP) is -2.08. The van der Waals surface area contributed by atoms with Gasteiger partial charge in [0.15, 0.2) is 0 Å². The third-order valence-electron chi connectivity index (χ3n) is 4.93. The number of alkyl halides is 3. The number of carbonyl (C=O) groups excluding carboxylic acids is 2. The Balaban J connectivity index is 1.85. The van der Waals surface area contributed by atoms with Crippen LogP contribution in [0.25, 0.3) is 6.08 Å². The van der Waals surface area contributed by atoms with E-state index in [1.807, 2.05) is 0 Å². The fourth-order valence-electron chi connectivity index (χ4n) is 3.05. The van der Waals surface area contributed by atoms with Crippen molar-refractivity contribution in [3.05, 3.63) is 38.7 Å². The number of likely N-dealkylation sites (N-methyl/N-ethyl adjacent to an activating group) is 1. The fraction of sp³-hybridized carbons (Fsp3) is 0.579. The summed E-state index contributed by atoms with van der Waals surface area (Å²) in [4.78, 5) is 50.5. The second-order valence-corrected chi connectivity index (χ2v) is 7.55. The first kappa shape index (κ1) is 27.2. The van der Waals surface area contributed by atoms with Crippen LogP contribution < -0.4 is 21.9 Å². The van der Waals surface area contributed by atoms with E-state index in [1.165, 1.54) is 12.3 Å². The Kier molecular flexibility index (Phi) is 9.55. The minimum Gasteiger partial charge on any atom is -0.394 e. The number of nitrogens with one attached hydrogen (secondary N) is 3. The van der Waals surface area contributed by atoms with Crippen molar-refractivity contribution >= 4 is 17.9 Å². The van der Waals surface area contributed by atoms with Crippen molar-refractivity contribution in [3.63, 3.8) is 0 Å². The molecule has 34 heavy (non-hydrogen) atoms. The lowest BCUT2D eigenvalue weighted by Crippen LogP contribution is -2.41. The van der Waals surface area contributed by atoms with Crippen LogP contribution in [0, 0.1) is 0 Å². The highest BCUT2D eigenvalue weighted by atomic mass is 19.4. The van der Waals surface area contributed by atoms with Crippen LogP contribution in [0.5, 0.6) is 0 Å². The molecule has 0 aromatic carbocycles. The van der Waals surface area contributed by atoms with Crippen molar-refractivity contribution in [2.24, 2.45) is 0 Å². The first-order chi connectivity index (χ1) is 15.9. The number of rotatable bonds is 10. The smallest absolute Gasteiger partial charge is 0.394 e. The Morgan fingerprint density at radius 2 is 1.94 bits per heavy atom. The molecule has 1 aromatic heterocycles. The quantitative estimate of drug-likeness (QED) is 0.232. The number of hydrogen-bond acceptors (Lipinski definition) is 8. The van der Waals surface area contributed by atoms with Crippen molar-refractivity contribution in [3.8, 4) is 0 Å². The monoisotopic (exact) mass is 493 g/mol. The molecule has 1 aliphatic rings. The molecular weight excluding hydrogens is 467 g/mol. The van der Waals surface area contributed by atoms with Crippen LogP contribution in [0.1, 0.15) is 18.2 Å². The number of aliphatic hydroxyl groups is 2. The van der Waals surface area contributed by atoms with Crippen LogP contribution in [0.15, 0.2) is 21.9 Å². The molecule has 0 spiro atoms. The summed E-state index contributed by atoms with van der Waals surface area (Å²) in [6, 6.07) is 0. The zero-order valence-electron chi connectivity index (χ0n) is 18.2. The van der Waals surface area contributed by atoms with Crippen LogP contribution in [0.4, 0.5) is 13.2 Å². The van der Waals surface area contributed by atoms with Gasteiger partial charge in [0, 0.05) is 44.9 Å². The van der Waals surface area contributed by atoms with Gasteiger partial charge in [0.25, 0.3) is 5.56 Å². The molecule has 2 rings (SSSR count). The van der Waals surface area contributed by atoms with Gasteiger partial charge in [-0.15, -0.1) is 0 Å². The Morgan fingerprint density at radius 3 is 2.53 bits per heavy atom. The number of ether oxygens (including phenoxy) is 1. The van der Waals surface area contributed by atoms with Crippen LogP contribution in [-0.4, -0.2) is 94.7 Å². The van der Waals surface area contributed by atoms with Gasteiger partial charge in [-0.2, -0.15) is 13.2 Å². The van der Waals surface area contributed by atoms with Gasteiger partial charge >= 0.3 is 17.8 Å². The van der Waals surface area contributed by atoms with E-state index >= 15 is 0 Å². The van der Waals surface area contributed by atoms with E-state index in [1.54, 1.807) is 17.3 Å². The van der Waals surface area contributed by atoms with Gasteiger partial charge in [-0.1, -0.05) is 0 Å². The van der Waals surface area contributed by atoms with E-state index in [2.05, 4.69) is 10.3 Å². The van der Waals surface area contributed by atoms with Crippen molar-refractivity contribution in [1.29, 1.82) is 0 Å². The first-order valence-electron chi connectivity index (χ1n) is 10.2. The van der Waals surface area contributed by atoms with Crippen molar-refractivity contribution in [2.45, 2.75) is 31.0 Å². The molecule has 1 saturated heterocycles. The number of amides is 2. The summed E-state index contributed by atoms with van der Waals surface area (Å²) in [7, 11) is 1.59. The number of halogens is 3. The van der Waals surface area contributed by atoms with Crippen LogP contribution in [-0.2, 0) is 14.3 Å². The van der Waals surface area contributed by atoms with Crippen LogP contribution >= 0.6 is 0 Å².